The Morgan fingerprint density at radius 1 is 1.10 bits per heavy atom. The fourth-order valence-electron chi connectivity index (χ4n) is 3.84. The molecule has 2 rings (SSSR count). The van der Waals surface area contributed by atoms with Gasteiger partial charge in [-0.15, -0.1) is 0 Å². The van der Waals surface area contributed by atoms with Crippen LogP contribution in [0.5, 0.6) is 0 Å². The molecule has 2 saturated carbocycles. The molecule has 2 fully saturated rings. The van der Waals surface area contributed by atoms with Crippen LogP contribution in [0.1, 0.15) is 52.9 Å². The number of amides is 2. The van der Waals surface area contributed by atoms with Gasteiger partial charge in [0.2, 0.25) is 0 Å². The summed E-state index contributed by atoms with van der Waals surface area (Å²) >= 11 is 0. The standard InChI is InChI=1S/C16H28N2O2/c1-10(2)6-7-17-15(19)16(20)18-11(3)14-9-12-4-5-13(14)8-12/h10-14H,4-9H2,1-3H3,(H,17,19)(H,18,20). The Bertz CT molecular complexity index is 367. The molecule has 0 spiro atoms. The van der Waals surface area contributed by atoms with Gasteiger partial charge in [-0.25, -0.2) is 0 Å². The third-order valence-corrected chi connectivity index (χ3v) is 5.01. The summed E-state index contributed by atoms with van der Waals surface area (Å²) in [6.07, 6.45) is 6.11. The molecule has 4 nitrogen and oxygen atoms in total. The topological polar surface area (TPSA) is 58.2 Å². The molecular formula is C16H28N2O2. The van der Waals surface area contributed by atoms with Gasteiger partial charge in [-0.2, -0.15) is 0 Å². The van der Waals surface area contributed by atoms with Crippen LogP contribution in [0.15, 0.2) is 0 Å². The van der Waals surface area contributed by atoms with Gasteiger partial charge < -0.3 is 10.6 Å². The van der Waals surface area contributed by atoms with Gasteiger partial charge in [0.25, 0.3) is 0 Å². The van der Waals surface area contributed by atoms with Gasteiger partial charge in [0, 0.05) is 12.6 Å². The molecule has 2 amide bonds. The average molecular weight is 280 g/mol. The highest BCUT2D eigenvalue weighted by Gasteiger charge is 2.42. The molecule has 20 heavy (non-hydrogen) atoms. The Morgan fingerprint density at radius 2 is 1.85 bits per heavy atom. The predicted octanol–water partition coefficient (Wildman–Crippen LogP) is 2.09. The summed E-state index contributed by atoms with van der Waals surface area (Å²) in [5, 5.41) is 5.59. The second kappa shape index (κ2) is 6.59. The maximum absolute atomic E-state index is 11.9. The van der Waals surface area contributed by atoms with E-state index in [9.17, 15) is 9.59 Å². The Balaban J connectivity index is 1.72. The minimum Gasteiger partial charge on any atom is -0.348 e. The third kappa shape index (κ3) is 3.74. The van der Waals surface area contributed by atoms with E-state index in [4.69, 9.17) is 0 Å². The molecule has 0 saturated heterocycles. The molecule has 0 aromatic carbocycles. The van der Waals surface area contributed by atoms with Crippen LogP contribution >= 0.6 is 0 Å². The molecule has 4 unspecified atom stereocenters. The number of hydrogen-bond donors (Lipinski definition) is 2. The zero-order chi connectivity index (χ0) is 14.7. The number of fused-ring (bicyclic) bond motifs is 2. The van der Waals surface area contributed by atoms with Crippen molar-refractivity contribution in [2.24, 2.45) is 23.7 Å². The summed E-state index contributed by atoms with van der Waals surface area (Å²) in [6.45, 7) is 6.82. The molecule has 2 bridgehead atoms. The van der Waals surface area contributed by atoms with E-state index < -0.39 is 11.8 Å². The Hall–Kier alpha value is -1.06. The van der Waals surface area contributed by atoms with E-state index in [1.54, 1.807) is 0 Å². The lowest BCUT2D eigenvalue weighted by Gasteiger charge is -2.28. The molecule has 0 radical (unpaired) electrons. The zero-order valence-electron chi connectivity index (χ0n) is 12.9. The number of hydrogen-bond acceptors (Lipinski definition) is 2. The van der Waals surface area contributed by atoms with Crippen molar-refractivity contribution in [3.8, 4) is 0 Å². The van der Waals surface area contributed by atoms with Gasteiger partial charge in [0.15, 0.2) is 0 Å². The van der Waals surface area contributed by atoms with E-state index in [1.807, 2.05) is 6.92 Å². The molecule has 0 heterocycles. The molecule has 114 valence electrons. The first-order valence-corrected chi connectivity index (χ1v) is 8.06. The summed E-state index contributed by atoms with van der Waals surface area (Å²) in [5.41, 5.74) is 0. The van der Waals surface area contributed by atoms with Crippen LogP contribution in [-0.4, -0.2) is 24.4 Å². The first-order valence-electron chi connectivity index (χ1n) is 8.06. The van der Waals surface area contributed by atoms with Gasteiger partial charge in [-0.05, 0) is 56.3 Å². The van der Waals surface area contributed by atoms with Gasteiger partial charge in [0.1, 0.15) is 0 Å². The van der Waals surface area contributed by atoms with Gasteiger partial charge >= 0.3 is 11.8 Å². The second-order valence-electron chi connectivity index (χ2n) is 7.04. The highest BCUT2D eigenvalue weighted by Crippen LogP contribution is 2.49. The van der Waals surface area contributed by atoms with Crippen molar-refractivity contribution in [2.75, 3.05) is 6.54 Å². The van der Waals surface area contributed by atoms with E-state index in [1.165, 1.54) is 25.7 Å². The maximum Gasteiger partial charge on any atom is 0.309 e. The first-order chi connectivity index (χ1) is 9.47. The SMILES string of the molecule is CC(C)CCNC(=O)C(=O)NC(C)C1CC2CCC1C2. The van der Waals surface area contributed by atoms with Crippen molar-refractivity contribution < 1.29 is 9.59 Å². The van der Waals surface area contributed by atoms with Crippen LogP contribution in [0.25, 0.3) is 0 Å². The highest BCUT2D eigenvalue weighted by atomic mass is 16.2. The van der Waals surface area contributed by atoms with E-state index in [2.05, 4.69) is 24.5 Å². The lowest BCUT2D eigenvalue weighted by Crippen LogP contribution is -2.47. The van der Waals surface area contributed by atoms with E-state index >= 15 is 0 Å². The van der Waals surface area contributed by atoms with Crippen molar-refractivity contribution in [3.05, 3.63) is 0 Å². The molecule has 0 aliphatic heterocycles. The lowest BCUT2D eigenvalue weighted by atomic mass is 9.84. The quantitative estimate of drug-likeness (QED) is 0.758. The van der Waals surface area contributed by atoms with Crippen molar-refractivity contribution >= 4 is 11.8 Å². The van der Waals surface area contributed by atoms with Crippen LogP contribution in [0.2, 0.25) is 0 Å². The molecule has 2 aliphatic rings. The molecule has 2 N–H and O–H groups in total. The average Bonchev–Trinajstić information content (AvgIpc) is 3.00. The first kappa shape index (κ1) is 15.3. The Kier molecular flexibility index (Phi) is 5.06. The molecule has 0 aromatic rings. The van der Waals surface area contributed by atoms with Crippen molar-refractivity contribution in [3.63, 3.8) is 0 Å². The molecule has 4 atom stereocenters. The summed E-state index contributed by atoms with van der Waals surface area (Å²) in [5.74, 6) is 1.78. The van der Waals surface area contributed by atoms with Crippen LogP contribution in [-0.2, 0) is 9.59 Å². The molecular weight excluding hydrogens is 252 g/mol. The van der Waals surface area contributed by atoms with Crippen LogP contribution in [0, 0.1) is 23.7 Å². The second-order valence-corrected chi connectivity index (χ2v) is 7.04. The van der Waals surface area contributed by atoms with Crippen molar-refractivity contribution in [1.82, 2.24) is 10.6 Å². The highest BCUT2D eigenvalue weighted by molar-refractivity contribution is 6.35. The van der Waals surface area contributed by atoms with E-state index in [0.29, 0.717) is 18.4 Å². The smallest absolute Gasteiger partial charge is 0.309 e. The minimum atomic E-state index is -0.486. The fourth-order valence-corrected chi connectivity index (χ4v) is 3.84. The van der Waals surface area contributed by atoms with Gasteiger partial charge in [0.05, 0.1) is 0 Å². The molecule has 4 heteroatoms. The number of rotatable bonds is 5. The minimum absolute atomic E-state index is 0.119. The van der Waals surface area contributed by atoms with Crippen LogP contribution in [0.3, 0.4) is 0 Å². The maximum atomic E-state index is 11.9. The molecule has 2 aliphatic carbocycles. The van der Waals surface area contributed by atoms with E-state index in [0.717, 1.165) is 18.3 Å². The summed E-state index contributed by atoms with van der Waals surface area (Å²) < 4.78 is 0. The van der Waals surface area contributed by atoms with Gasteiger partial charge in [-0.1, -0.05) is 20.3 Å². The van der Waals surface area contributed by atoms with Crippen molar-refractivity contribution in [1.29, 1.82) is 0 Å². The number of nitrogens with one attached hydrogen (secondary N) is 2. The number of carbonyl (C=O) groups is 2. The van der Waals surface area contributed by atoms with Crippen molar-refractivity contribution in [2.45, 2.75) is 58.9 Å². The fraction of sp³-hybridized carbons (Fsp3) is 0.875. The zero-order valence-corrected chi connectivity index (χ0v) is 12.9. The van der Waals surface area contributed by atoms with Crippen LogP contribution in [0.4, 0.5) is 0 Å². The number of carbonyl (C=O) groups excluding carboxylic acids is 2. The normalized spacial score (nSPS) is 29.5. The largest absolute Gasteiger partial charge is 0.348 e. The monoisotopic (exact) mass is 280 g/mol. The predicted molar refractivity (Wildman–Crippen MR) is 79.0 cm³/mol. The summed E-state index contributed by atoms with van der Waals surface area (Å²) in [4.78, 5) is 23.6. The van der Waals surface area contributed by atoms with Gasteiger partial charge in [-0.3, -0.25) is 9.59 Å². The molecule has 0 aromatic heterocycles. The Morgan fingerprint density at radius 3 is 2.40 bits per heavy atom. The third-order valence-electron chi connectivity index (χ3n) is 5.01. The van der Waals surface area contributed by atoms with E-state index in [-0.39, 0.29) is 6.04 Å². The summed E-state index contributed by atoms with van der Waals surface area (Å²) in [7, 11) is 0. The lowest BCUT2D eigenvalue weighted by molar-refractivity contribution is -0.139. The van der Waals surface area contributed by atoms with Crippen LogP contribution < -0.4 is 10.6 Å². The Labute approximate surface area is 122 Å². The summed E-state index contributed by atoms with van der Waals surface area (Å²) in [6, 6.07) is 0.119.